The highest BCUT2D eigenvalue weighted by molar-refractivity contribution is 5.97. The molecule has 3 saturated heterocycles. The summed E-state index contributed by atoms with van der Waals surface area (Å²) in [4.78, 5) is 18.6. The first-order chi connectivity index (χ1) is 19.1. The number of hydrogen-bond acceptors (Lipinski definition) is 3. The Balaban J connectivity index is 1.44. The number of carbonyl (C=O) groups is 1. The van der Waals surface area contributed by atoms with E-state index in [2.05, 4.69) is 68.1 Å². The molecule has 3 aromatic carbocycles. The van der Waals surface area contributed by atoms with Crippen molar-refractivity contribution < 1.29 is 14.0 Å². The van der Waals surface area contributed by atoms with E-state index in [1.807, 2.05) is 42.5 Å². The second-order valence-electron chi connectivity index (χ2n) is 11.4. The maximum Gasteiger partial charge on any atom is 0.216 e. The van der Waals surface area contributed by atoms with Gasteiger partial charge in [0.15, 0.2) is 0 Å². The third-order valence-corrected chi connectivity index (χ3v) is 9.03. The van der Waals surface area contributed by atoms with Crippen molar-refractivity contribution in [3.8, 4) is 0 Å². The molecule has 198 valence electrons. The van der Waals surface area contributed by atoms with Crippen LogP contribution in [-0.4, -0.2) is 40.9 Å². The number of fused-ring (bicyclic) bond motifs is 4. The molecule has 7 rings (SSSR count). The Bertz CT molecular complexity index is 1470. The van der Waals surface area contributed by atoms with Crippen LogP contribution in [0.5, 0.6) is 0 Å². The van der Waals surface area contributed by atoms with E-state index in [1.54, 1.807) is 0 Å². The summed E-state index contributed by atoms with van der Waals surface area (Å²) in [6, 6.07) is 30.9. The molecule has 4 nitrogen and oxygen atoms in total. The Labute approximate surface area is 231 Å². The van der Waals surface area contributed by atoms with E-state index < -0.39 is 0 Å². The Morgan fingerprint density at radius 3 is 2.54 bits per heavy atom. The van der Waals surface area contributed by atoms with Crippen LogP contribution in [0.3, 0.4) is 0 Å². The number of aromatic nitrogens is 1. The van der Waals surface area contributed by atoms with Crippen molar-refractivity contribution in [1.29, 1.82) is 0 Å². The largest absolute Gasteiger partial charge is 0.363 e. The van der Waals surface area contributed by atoms with Gasteiger partial charge in [-0.3, -0.25) is 9.78 Å². The second-order valence-corrected chi connectivity index (χ2v) is 11.4. The van der Waals surface area contributed by atoms with Gasteiger partial charge in [-0.15, -0.1) is 6.58 Å². The minimum atomic E-state index is -0.158. The normalized spacial score (nSPS) is 24.9. The van der Waals surface area contributed by atoms with Gasteiger partial charge in [0.25, 0.3) is 0 Å². The van der Waals surface area contributed by atoms with Gasteiger partial charge in [-0.1, -0.05) is 84.9 Å². The first-order valence-corrected chi connectivity index (χ1v) is 14.1. The van der Waals surface area contributed by atoms with Gasteiger partial charge in [-0.25, -0.2) is 0 Å². The summed E-state index contributed by atoms with van der Waals surface area (Å²) >= 11 is 0. The molecule has 4 heterocycles. The van der Waals surface area contributed by atoms with Crippen LogP contribution in [0.25, 0.3) is 10.9 Å². The van der Waals surface area contributed by atoms with Crippen LogP contribution >= 0.6 is 0 Å². The highest BCUT2D eigenvalue weighted by Gasteiger charge is 2.55. The average molecular weight is 518 g/mol. The van der Waals surface area contributed by atoms with Crippen molar-refractivity contribution in [3.63, 3.8) is 0 Å². The quantitative estimate of drug-likeness (QED) is 0.135. The van der Waals surface area contributed by atoms with Gasteiger partial charge in [-0.05, 0) is 36.1 Å². The number of hydrogen-bond donors (Lipinski definition) is 0. The van der Waals surface area contributed by atoms with E-state index >= 15 is 0 Å². The summed E-state index contributed by atoms with van der Waals surface area (Å²) < 4.78 is 7.72. The molecule has 0 unspecified atom stereocenters. The van der Waals surface area contributed by atoms with Crippen LogP contribution in [0.1, 0.15) is 46.1 Å². The van der Waals surface area contributed by atoms with Gasteiger partial charge in [0, 0.05) is 35.4 Å². The summed E-state index contributed by atoms with van der Waals surface area (Å²) in [5.41, 5.74) is 5.12. The van der Waals surface area contributed by atoms with E-state index in [0.717, 1.165) is 58.1 Å². The van der Waals surface area contributed by atoms with Crippen LogP contribution in [0.4, 0.5) is 0 Å². The van der Waals surface area contributed by atoms with Crippen molar-refractivity contribution in [2.45, 2.75) is 38.5 Å². The van der Waals surface area contributed by atoms with Crippen LogP contribution in [0.15, 0.2) is 104 Å². The third-order valence-electron chi connectivity index (χ3n) is 9.03. The number of benzene rings is 3. The molecule has 3 aliphatic rings. The molecule has 0 saturated carbocycles. The molecule has 0 radical (unpaired) electrons. The smallest absolute Gasteiger partial charge is 0.216 e. The lowest BCUT2D eigenvalue weighted by Gasteiger charge is -2.58. The van der Waals surface area contributed by atoms with Gasteiger partial charge in [0.05, 0.1) is 25.2 Å². The zero-order chi connectivity index (χ0) is 26.8. The number of rotatable bonds is 9. The first kappa shape index (κ1) is 25.7. The molecule has 4 heteroatoms. The summed E-state index contributed by atoms with van der Waals surface area (Å²) in [5, 5.41) is 1.14. The number of ether oxygens (including phenoxy) is 1. The molecule has 0 amide bonds. The zero-order valence-corrected chi connectivity index (χ0v) is 22.7. The molecule has 0 N–H and O–H groups in total. The van der Waals surface area contributed by atoms with Gasteiger partial charge >= 0.3 is 0 Å². The Hall–Kier alpha value is -3.60. The Morgan fingerprint density at radius 2 is 1.77 bits per heavy atom. The minimum absolute atomic E-state index is 0.158. The van der Waals surface area contributed by atoms with E-state index in [0.29, 0.717) is 25.0 Å². The second kappa shape index (κ2) is 10.9. The number of piperidine rings is 3. The lowest BCUT2D eigenvalue weighted by Crippen LogP contribution is -2.69. The number of para-hydroxylation sites is 1. The predicted molar refractivity (Wildman–Crippen MR) is 156 cm³/mol. The van der Waals surface area contributed by atoms with Crippen LogP contribution in [0, 0.1) is 18.8 Å². The molecule has 1 aromatic heterocycles. The van der Waals surface area contributed by atoms with Crippen LogP contribution < -0.4 is 0 Å². The van der Waals surface area contributed by atoms with Crippen molar-refractivity contribution >= 4 is 16.7 Å². The van der Waals surface area contributed by atoms with Crippen molar-refractivity contribution in [1.82, 2.24) is 4.98 Å². The van der Waals surface area contributed by atoms with Crippen LogP contribution in [-0.2, 0) is 11.3 Å². The summed E-state index contributed by atoms with van der Waals surface area (Å²) in [6.45, 7) is 9.20. The standard InChI is InChI=1S/C35H37N2O2/c1-3-27-22-37(23-34(38)28-14-8-5-9-15-28)19-18-29(27)21-33(37)35(39-24-26-12-6-4-7-13-26)31-20-25(2)36-32-17-11-10-16-30(31)32/h3-17,20,27,29,33,35H,1,18-19,21-24H2,2H3/q+1/t27-,29-,33-,35+,37-/m0/s1. The maximum atomic E-state index is 13.7. The number of ketones is 1. The number of Topliss-reactive ketones (excluding diaryl/α,β-unsaturated/α-hetero) is 1. The number of nitrogens with zero attached hydrogens (tertiary/aromatic N) is 2. The monoisotopic (exact) mass is 517 g/mol. The number of aryl methyl sites for hydroxylation is 1. The van der Waals surface area contributed by atoms with Gasteiger partial charge < -0.3 is 9.22 Å². The molecular formula is C35H37N2O2+. The highest BCUT2D eigenvalue weighted by atomic mass is 16.5. The third kappa shape index (κ3) is 5.07. The van der Waals surface area contributed by atoms with E-state index in [4.69, 9.17) is 9.72 Å². The van der Waals surface area contributed by atoms with Crippen molar-refractivity contribution in [2.75, 3.05) is 19.6 Å². The Morgan fingerprint density at radius 1 is 1.05 bits per heavy atom. The van der Waals surface area contributed by atoms with Crippen molar-refractivity contribution in [3.05, 3.63) is 126 Å². The molecule has 5 atom stereocenters. The fourth-order valence-corrected chi connectivity index (χ4v) is 7.11. The highest BCUT2D eigenvalue weighted by Crippen LogP contribution is 2.48. The molecule has 3 aliphatic heterocycles. The summed E-state index contributed by atoms with van der Waals surface area (Å²) in [5.74, 6) is 1.20. The molecule has 3 fully saturated rings. The van der Waals surface area contributed by atoms with E-state index in [9.17, 15) is 4.79 Å². The molecule has 4 aromatic rings. The SMILES string of the molecule is C=C[C@H]1C[N@+]2(CC(=O)c3ccccc3)CC[C@H]1C[C@H]2[C@H](OCc1ccccc1)c1cc(C)nc2ccccc12. The summed E-state index contributed by atoms with van der Waals surface area (Å²) in [6.07, 6.45) is 4.12. The molecule has 0 spiro atoms. The first-order valence-electron chi connectivity index (χ1n) is 14.1. The van der Waals surface area contributed by atoms with Gasteiger partial charge in [-0.2, -0.15) is 0 Å². The molecular weight excluding hydrogens is 480 g/mol. The zero-order valence-electron chi connectivity index (χ0n) is 22.7. The van der Waals surface area contributed by atoms with Crippen molar-refractivity contribution in [2.24, 2.45) is 11.8 Å². The Kier molecular flexibility index (Phi) is 7.16. The fourth-order valence-electron chi connectivity index (χ4n) is 7.11. The van der Waals surface area contributed by atoms with Crippen LogP contribution in [0.2, 0.25) is 0 Å². The number of pyridine rings is 1. The molecule has 39 heavy (non-hydrogen) atoms. The average Bonchev–Trinajstić information content (AvgIpc) is 2.98. The van der Waals surface area contributed by atoms with Gasteiger partial charge in [0.2, 0.25) is 5.78 Å². The number of quaternary nitrogens is 1. The maximum absolute atomic E-state index is 13.7. The van der Waals surface area contributed by atoms with E-state index in [-0.39, 0.29) is 17.9 Å². The summed E-state index contributed by atoms with van der Waals surface area (Å²) in [7, 11) is 0. The lowest BCUT2D eigenvalue weighted by molar-refractivity contribution is -0.966. The van der Waals surface area contributed by atoms with E-state index in [1.165, 1.54) is 5.56 Å². The lowest BCUT2D eigenvalue weighted by atomic mass is 9.71. The minimum Gasteiger partial charge on any atom is -0.363 e. The predicted octanol–water partition coefficient (Wildman–Crippen LogP) is 7.10. The molecule has 2 bridgehead atoms. The fraction of sp³-hybridized carbons (Fsp3) is 0.314. The molecule has 0 aliphatic carbocycles. The topological polar surface area (TPSA) is 39.2 Å². The number of carbonyl (C=O) groups excluding carboxylic acids is 1. The van der Waals surface area contributed by atoms with Gasteiger partial charge in [0.1, 0.15) is 18.7 Å².